The molecular weight excluding hydrogens is 378 g/mol. The molecule has 3 aliphatic rings. The number of nitrogens with zero attached hydrogens (tertiary/aromatic N) is 2. The predicted octanol–water partition coefficient (Wildman–Crippen LogP) is 3.14. The first-order chi connectivity index (χ1) is 14.5. The molecule has 1 saturated heterocycles. The smallest absolute Gasteiger partial charge is 0.270 e. The highest BCUT2D eigenvalue weighted by Crippen LogP contribution is 2.42. The van der Waals surface area contributed by atoms with Gasteiger partial charge in [-0.25, -0.2) is 0 Å². The number of para-hydroxylation sites is 1. The van der Waals surface area contributed by atoms with Crippen molar-refractivity contribution >= 4 is 11.6 Å². The van der Waals surface area contributed by atoms with Crippen LogP contribution in [0, 0.1) is 0 Å². The molecule has 0 bridgehead atoms. The number of nitrogens with one attached hydrogen (secondary N) is 1. The fraction of sp³-hybridized carbons (Fsp3) is 0.500. The summed E-state index contributed by atoms with van der Waals surface area (Å²) in [6, 6.07) is 10.2. The lowest BCUT2D eigenvalue weighted by atomic mass is 10.00. The van der Waals surface area contributed by atoms with Gasteiger partial charge in [-0.05, 0) is 56.4 Å². The number of anilines is 1. The zero-order valence-electron chi connectivity index (χ0n) is 17.7. The summed E-state index contributed by atoms with van der Waals surface area (Å²) >= 11 is 0. The molecule has 5 rings (SSSR count). The van der Waals surface area contributed by atoms with Crippen molar-refractivity contribution in [3.8, 4) is 5.75 Å². The molecule has 1 aromatic carbocycles. The summed E-state index contributed by atoms with van der Waals surface area (Å²) in [6.07, 6.45) is 5.82. The quantitative estimate of drug-likeness (QED) is 0.825. The average molecular weight is 408 g/mol. The average Bonchev–Trinajstić information content (AvgIpc) is 3.29. The second-order valence-electron chi connectivity index (χ2n) is 8.98. The lowest BCUT2D eigenvalue weighted by Crippen LogP contribution is -2.45. The molecule has 0 spiro atoms. The second kappa shape index (κ2) is 7.58. The van der Waals surface area contributed by atoms with E-state index >= 15 is 0 Å². The summed E-state index contributed by atoms with van der Waals surface area (Å²) in [5, 5.41) is 3.27. The molecule has 2 atom stereocenters. The Morgan fingerprint density at radius 3 is 2.80 bits per heavy atom. The van der Waals surface area contributed by atoms with E-state index in [9.17, 15) is 4.79 Å². The summed E-state index contributed by atoms with van der Waals surface area (Å²) < 4.78 is 11.7. The molecule has 6 nitrogen and oxygen atoms in total. The summed E-state index contributed by atoms with van der Waals surface area (Å²) in [7, 11) is 0. The summed E-state index contributed by atoms with van der Waals surface area (Å²) in [4.78, 5) is 19.7. The van der Waals surface area contributed by atoms with Crippen LogP contribution in [0.1, 0.15) is 48.3 Å². The number of ether oxygens (including phenoxy) is 2. The Kier molecular flexibility index (Phi) is 4.89. The van der Waals surface area contributed by atoms with Gasteiger partial charge in [0.1, 0.15) is 11.4 Å². The van der Waals surface area contributed by atoms with Crippen molar-refractivity contribution in [2.45, 2.75) is 57.3 Å². The van der Waals surface area contributed by atoms with Crippen molar-refractivity contribution in [2.24, 2.45) is 0 Å². The Balaban J connectivity index is 1.29. The Morgan fingerprint density at radius 1 is 1.23 bits per heavy atom. The van der Waals surface area contributed by atoms with Gasteiger partial charge in [0.2, 0.25) is 0 Å². The van der Waals surface area contributed by atoms with Crippen LogP contribution in [-0.4, -0.2) is 48.3 Å². The molecule has 158 valence electrons. The number of carbonyl (C=O) groups is 1. The van der Waals surface area contributed by atoms with Crippen molar-refractivity contribution in [1.82, 2.24) is 10.3 Å². The van der Waals surface area contributed by atoms with Crippen LogP contribution in [0.4, 0.5) is 5.69 Å². The topological polar surface area (TPSA) is 63.7 Å². The highest BCUT2D eigenvalue weighted by Gasteiger charge is 2.45. The monoisotopic (exact) mass is 407 g/mol. The van der Waals surface area contributed by atoms with Gasteiger partial charge in [-0.15, -0.1) is 0 Å². The maximum absolute atomic E-state index is 13.0. The zero-order chi connectivity index (χ0) is 20.7. The lowest BCUT2D eigenvalue weighted by molar-refractivity contribution is -0.00522. The number of fused-ring (bicyclic) bond motifs is 1. The standard InChI is InChI=1S/C24H29N3O3/c1-16-14-27(15-17(2)30-16)20-6-10-25-21(12-20)23(28)26-24(8-9-24)13-19-5-3-4-18-7-11-29-22(18)19/h3-6,10,12,16-17H,7-9,11,13-15H2,1-2H3,(H,26,28)/t16-,17+. The van der Waals surface area contributed by atoms with Gasteiger partial charge in [0.05, 0.1) is 18.8 Å². The minimum absolute atomic E-state index is 0.0998. The van der Waals surface area contributed by atoms with E-state index in [1.807, 2.05) is 12.1 Å². The van der Waals surface area contributed by atoms with Crippen molar-refractivity contribution in [2.75, 3.05) is 24.6 Å². The number of amides is 1. The Morgan fingerprint density at radius 2 is 2.03 bits per heavy atom. The molecule has 2 aliphatic heterocycles. The molecular formula is C24H29N3O3. The maximum atomic E-state index is 13.0. The van der Waals surface area contributed by atoms with Crippen LogP contribution in [0.25, 0.3) is 0 Å². The third kappa shape index (κ3) is 3.88. The second-order valence-corrected chi connectivity index (χ2v) is 8.98. The maximum Gasteiger partial charge on any atom is 0.270 e. The fourth-order valence-electron chi connectivity index (χ4n) is 4.72. The fourth-order valence-corrected chi connectivity index (χ4v) is 4.72. The van der Waals surface area contributed by atoms with Crippen molar-refractivity contribution in [1.29, 1.82) is 0 Å². The van der Waals surface area contributed by atoms with E-state index in [0.29, 0.717) is 5.69 Å². The molecule has 3 heterocycles. The normalized spacial score (nSPS) is 24.1. The molecule has 2 fully saturated rings. The molecule has 0 radical (unpaired) electrons. The number of rotatable bonds is 5. The van der Waals surface area contributed by atoms with Crippen molar-refractivity contribution < 1.29 is 14.3 Å². The van der Waals surface area contributed by atoms with Gasteiger partial charge in [0.25, 0.3) is 5.91 Å². The van der Waals surface area contributed by atoms with Gasteiger partial charge in [-0.2, -0.15) is 0 Å². The molecule has 30 heavy (non-hydrogen) atoms. The molecule has 1 N–H and O–H groups in total. The summed E-state index contributed by atoms with van der Waals surface area (Å²) in [5.41, 5.74) is 3.79. The number of hydrogen-bond acceptors (Lipinski definition) is 5. The van der Waals surface area contributed by atoms with E-state index < -0.39 is 0 Å². The molecule has 0 unspecified atom stereocenters. The largest absolute Gasteiger partial charge is 0.493 e. The molecule has 1 aliphatic carbocycles. The van der Waals surface area contributed by atoms with Crippen LogP contribution in [-0.2, 0) is 17.6 Å². The van der Waals surface area contributed by atoms with Crippen LogP contribution in [0.3, 0.4) is 0 Å². The van der Waals surface area contributed by atoms with E-state index in [1.54, 1.807) is 6.20 Å². The number of hydrogen-bond donors (Lipinski definition) is 1. The number of carbonyl (C=O) groups excluding carboxylic acids is 1. The number of pyridine rings is 1. The zero-order valence-corrected chi connectivity index (χ0v) is 17.7. The predicted molar refractivity (Wildman–Crippen MR) is 115 cm³/mol. The van der Waals surface area contributed by atoms with Crippen LogP contribution >= 0.6 is 0 Å². The van der Waals surface area contributed by atoms with E-state index in [1.165, 1.54) is 11.1 Å². The van der Waals surface area contributed by atoms with Crippen LogP contribution < -0.4 is 15.0 Å². The van der Waals surface area contributed by atoms with Crippen LogP contribution in [0.2, 0.25) is 0 Å². The minimum Gasteiger partial charge on any atom is -0.493 e. The van der Waals surface area contributed by atoms with Gasteiger partial charge in [-0.3, -0.25) is 9.78 Å². The first kappa shape index (κ1) is 19.4. The molecule has 2 aromatic rings. The van der Waals surface area contributed by atoms with Gasteiger partial charge in [0, 0.05) is 36.9 Å². The highest BCUT2D eigenvalue weighted by atomic mass is 16.5. The number of aromatic nitrogens is 1. The molecule has 1 amide bonds. The van der Waals surface area contributed by atoms with Gasteiger partial charge in [-0.1, -0.05) is 18.2 Å². The van der Waals surface area contributed by atoms with E-state index in [2.05, 4.69) is 47.2 Å². The number of morpholine rings is 1. The highest BCUT2D eigenvalue weighted by molar-refractivity contribution is 5.94. The van der Waals surface area contributed by atoms with Crippen LogP contribution in [0.15, 0.2) is 36.5 Å². The van der Waals surface area contributed by atoms with E-state index in [4.69, 9.17) is 9.47 Å². The van der Waals surface area contributed by atoms with Gasteiger partial charge >= 0.3 is 0 Å². The first-order valence-corrected chi connectivity index (χ1v) is 10.9. The Hall–Kier alpha value is -2.60. The lowest BCUT2D eigenvalue weighted by Gasteiger charge is -2.36. The van der Waals surface area contributed by atoms with Gasteiger partial charge in [0.15, 0.2) is 0 Å². The van der Waals surface area contributed by atoms with Crippen LogP contribution in [0.5, 0.6) is 5.75 Å². The first-order valence-electron chi connectivity index (χ1n) is 10.9. The Labute approximate surface area is 177 Å². The summed E-state index contributed by atoms with van der Waals surface area (Å²) in [5.74, 6) is 0.922. The third-order valence-electron chi connectivity index (χ3n) is 6.32. The number of benzene rings is 1. The molecule has 1 saturated carbocycles. The van der Waals surface area contributed by atoms with E-state index in [-0.39, 0.29) is 23.7 Å². The minimum atomic E-state index is -0.183. The molecule has 1 aromatic heterocycles. The third-order valence-corrected chi connectivity index (χ3v) is 6.32. The molecule has 6 heteroatoms. The summed E-state index contributed by atoms with van der Waals surface area (Å²) in [6.45, 7) is 6.55. The van der Waals surface area contributed by atoms with Crippen molar-refractivity contribution in [3.05, 3.63) is 53.3 Å². The van der Waals surface area contributed by atoms with Gasteiger partial charge < -0.3 is 19.7 Å². The Bertz CT molecular complexity index is 946. The SMILES string of the molecule is C[C@@H]1CN(c2ccnc(C(=O)NC3(Cc4cccc5c4OCC5)CC3)c2)C[C@H](C)O1. The van der Waals surface area contributed by atoms with Crippen molar-refractivity contribution in [3.63, 3.8) is 0 Å². The van der Waals surface area contributed by atoms with E-state index in [0.717, 1.165) is 56.8 Å².